The SMILES string of the molecule is COc1cc(C(=O)N2CCCN(c3nc4ccccc4o3)CC2)cc(P)c1OC. The highest BCUT2D eigenvalue weighted by Gasteiger charge is 2.24. The Labute approximate surface area is 171 Å². The number of para-hydroxylation sites is 2. The van der Waals surface area contributed by atoms with Crippen LogP contribution < -0.4 is 19.7 Å². The number of aromatic nitrogens is 1. The number of methoxy groups -OCH3 is 2. The van der Waals surface area contributed by atoms with Crippen LogP contribution in [-0.2, 0) is 0 Å². The Bertz CT molecular complexity index is 1000. The maximum atomic E-state index is 13.1. The topological polar surface area (TPSA) is 68.0 Å². The van der Waals surface area contributed by atoms with Crippen molar-refractivity contribution in [2.75, 3.05) is 45.3 Å². The number of ether oxygens (including phenoxy) is 2. The van der Waals surface area contributed by atoms with Crippen molar-refractivity contribution in [3.05, 3.63) is 42.0 Å². The molecule has 0 radical (unpaired) electrons. The van der Waals surface area contributed by atoms with E-state index in [1.54, 1.807) is 20.3 Å². The third-order valence-corrected chi connectivity index (χ3v) is 5.52. The van der Waals surface area contributed by atoms with Crippen LogP contribution in [0, 0.1) is 0 Å². The summed E-state index contributed by atoms with van der Waals surface area (Å²) in [6.45, 7) is 2.73. The zero-order valence-electron chi connectivity index (χ0n) is 16.6. The van der Waals surface area contributed by atoms with Crippen LogP contribution in [0.1, 0.15) is 16.8 Å². The molecule has 3 aromatic rings. The second-order valence-electron chi connectivity index (χ2n) is 6.90. The van der Waals surface area contributed by atoms with Crippen molar-refractivity contribution in [1.29, 1.82) is 0 Å². The summed E-state index contributed by atoms with van der Waals surface area (Å²) < 4.78 is 16.6. The zero-order valence-corrected chi connectivity index (χ0v) is 17.7. The molecule has 152 valence electrons. The highest BCUT2D eigenvalue weighted by atomic mass is 31.0. The predicted octanol–water partition coefficient (Wildman–Crippen LogP) is 2.70. The van der Waals surface area contributed by atoms with Crippen molar-refractivity contribution >= 4 is 37.6 Å². The molecule has 2 heterocycles. The van der Waals surface area contributed by atoms with Crippen LogP contribution in [-0.4, -0.2) is 56.2 Å². The number of nitrogens with zero attached hydrogens (tertiary/aromatic N) is 3. The van der Waals surface area contributed by atoms with Gasteiger partial charge in [0.15, 0.2) is 17.1 Å². The molecule has 1 aliphatic heterocycles. The number of hydrogen-bond donors (Lipinski definition) is 0. The molecule has 1 unspecified atom stereocenters. The Morgan fingerprint density at radius 1 is 1.10 bits per heavy atom. The van der Waals surface area contributed by atoms with Gasteiger partial charge in [-0.1, -0.05) is 12.1 Å². The molecule has 1 atom stereocenters. The Morgan fingerprint density at radius 3 is 2.69 bits per heavy atom. The van der Waals surface area contributed by atoms with Crippen LogP contribution in [0.2, 0.25) is 0 Å². The minimum Gasteiger partial charge on any atom is -0.493 e. The maximum Gasteiger partial charge on any atom is 0.298 e. The Morgan fingerprint density at radius 2 is 1.93 bits per heavy atom. The van der Waals surface area contributed by atoms with Gasteiger partial charge in [0, 0.05) is 37.0 Å². The molecule has 8 heteroatoms. The third-order valence-electron chi connectivity index (χ3n) is 5.09. The van der Waals surface area contributed by atoms with Gasteiger partial charge in [-0.2, -0.15) is 4.98 Å². The van der Waals surface area contributed by atoms with E-state index >= 15 is 0 Å². The molecule has 0 saturated carbocycles. The van der Waals surface area contributed by atoms with E-state index in [4.69, 9.17) is 13.9 Å². The lowest BCUT2D eigenvalue weighted by Crippen LogP contribution is -2.35. The number of fused-ring (bicyclic) bond motifs is 1. The number of carbonyl (C=O) groups is 1. The molecule has 7 nitrogen and oxygen atoms in total. The quantitative estimate of drug-likeness (QED) is 0.613. The lowest BCUT2D eigenvalue weighted by Gasteiger charge is -2.22. The van der Waals surface area contributed by atoms with Crippen molar-refractivity contribution in [1.82, 2.24) is 9.88 Å². The predicted molar refractivity (Wildman–Crippen MR) is 116 cm³/mol. The number of anilines is 1. The van der Waals surface area contributed by atoms with Gasteiger partial charge in [-0.15, -0.1) is 9.24 Å². The lowest BCUT2D eigenvalue weighted by atomic mass is 10.1. The van der Waals surface area contributed by atoms with Gasteiger partial charge >= 0.3 is 0 Å². The minimum absolute atomic E-state index is 0.0194. The van der Waals surface area contributed by atoms with Gasteiger partial charge in [-0.05, 0) is 30.7 Å². The molecule has 2 aromatic carbocycles. The fraction of sp³-hybridized carbons (Fsp3) is 0.333. The van der Waals surface area contributed by atoms with Gasteiger partial charge in [-0.3, -0.25) is 4.79 Å². The van der Waals surface area contributed by atoms with E-state index in [0.29, 0.717) is 42.7 Å². The third kappa shape index (κ3) is 3.87. The monoisotopic (exact) mass is 413 g/mol. The first-order valence-corrected chi connectivity index (χ1v) is 10.1. The second-order valence-corrected chi connectivity index (χ2v) is 7.52. The summed E-state index contributed by atoms with van der Waals surface area (Å²) in [7, 11) is 5.76. The van der Waals surface area contributed by atoms with E-state index in [1.165, 1.54) is 0 Å². The van der Waals surface area contributed by atoms with Crippen molar-refractivity contribution in [3.63, 3.8) is 0 Å². The average Bonchev–Trinajstić information content (AvgIpc) is 3.02. The van der Waals surface area contributed by atoms with Crippen molar-refractivity contribution in [2.45, 2.75) is 6.42 Å². The van der Waals surface area contributed by atoms with Crippen LogP contribution in [0.4, 0.5) is 6.01 Å². The molecule has 0 spiro atoms. The lowest BCUT2D eigenvalue weighted by molar-refractivity contribution is 0.0766. The fourth-order valence-electron chi connectivity index (χ4n) is 3.61. The average molecular weight is 413 g/mol. The first-order valence-electron chi connectivity index (χ1n) is 9.52. The summed E-state index contributed by atoms with van der Waals surface area (Å²) >= 11 is 0. The summed E-state index contributed by atoms with van der Waals surface area (Å²) in [5.41, 5.74) is 2.21. The highest BCUT2D eigenvalue weighted by molar-refractivity contribution is 7.27. The van der Waals surface area contributed by atoms with E-state index < -0.39 is 0 Å². The Kier molecular flexibility index (Phi) is 5.58. The van der Waals surface area contributed by atoms with Crippen molar-refractivity contribution in [2.24, 2.45) is 0 Å². The number of oxazole rings is 1. The molecule has 29 heavy (non-hydrogen) atoms. The normalized spacial score (nSPS) is 14.7. The van der Waals surface area contributed by atoms with E-state index in [1.807, 2.05) is 35.2 Å². The summed E-state index contributed by atoms with van der Waals surface area (Å²) in [5, 5.41) is 0.790. The minimum atomic E-state index is -0.0194. The Balaban J connectivity index is 1.51. The summed E-state index contributed by atoms with van der Waals surface area (Å²) in [6, 6.07) is 11.9. The number of hydrogen-bond acceptors (Lipinski definition) is 6. The standard InChI is InChI=1S/C21H24N3O4P/c1-26-17-12-14(13-18(29)19(17)27-2)20(25)23-8-5-9-24(11-10-23)21-22-15-6-3-4-7-16(15)28-21/h3-4,6-7,12-13H,5,8-11,29H2,1-2H3. The van der Waals surface area contributed by atoms with E-state index in [0.717, 1.165) is 29.4 Å². The highest BCUT2D eigenvalue weighted by Crippen LogP contribution is 2.28. The van der Waals surface area contributed by atoms with Gasteiger partial charge in [0.25, 0.3) is 11.9 Å². The molecule has 0 N–H and O–H groups in total. The van der Waals surface area contributed by atoms with Gasteiger partial charge in [0.1, 0.15) is 5.52 Å². The van der Waals surface area contributed by atoms with Gasteiger partial charge in [0.2, 0.25) is 0 Å². The number of amides is 1. The molecule has 1 saturated heterocycles. The largest absolute Gasteiger partial charge is 0.493 e. The summed E-state index contributed by atoms with van der Waals surface area (Å²) in [5.74, 6) is 1.15. The molecular weight excluding hydrogens is 389 g/mol. The van der Waals surface area contributed by atoms with E-state index in [-0.39, 0.29) is 5.91 Å². The van der Waals surface area contributed by atoms with E-state index in [2.05, 4.69) is 19.1 Å². The van der Waals surface area contributed by atoms with Crippen molar-refractivity contribution < 1.29 is 18.7 Å². The van der Waals surface area contributed by atoms with Crippen LogP contribution in [0.5, 0.6) is 11.5 Å². The molecule has 1 aromatic heterocycles. The van der Waals surface area contributed by atoms with Crippen molar-refractivity contribution in [3.8, 4) is 11.5 Å². The fourth-order valence-corrected chi connectivity index (χ4v) is 4.05. The molecule has 1 fully saturated rings. The number of benzene rings is 2. The smallest absolute Gasteiger partial charge is 0.298 e. The molecule has 1 amide bonds. The van der Waals surface area contributed by atoms with Gasteiger partial charge in [-0.25, -0.2) is 0 Å². The molecule has 0 aliphatic carbocycles. The van der Waals surface area contributed by atoms with Crippen LogP contribution in [0.15, 0.2) is 40.8 Å². The zero-order chi connectivity index (χ0) is 20.4. The molecule has 0 bridgehead atoms. The van der Waals surface area contributed by atoms with Crippen LogP contribution in [0.3, 0.4) is 0 Å². The van der Waals surface area contributed by atoms with Gasteiger partial charge < -0.3 is 23.7 Å². The molecule has 4 rings (SSSR count). The van der Waals surface area contributed by atoms with Gasteiger partial charge in [0.05, 0.1) is 14.2 Å². The molecular formula is C21H24N3O4P. The Hall–Kier alpha value is -2.79. The first kappa shape index (κ1) is 19.5. The first-order chi connectivity index (χ1) is 14.1. The maximum absolute atomic E-state index is 13.1. The molecule has 1 aliphatic rings. The van der Waals surface area contributed by atoms with E-state index in [9.17, 15) is 4.79 Å². The van der Waals surface area contributed by atoms with Crippen LogP contribution in [0.25, 0.3) is 11.1 Å². The number of rotatable bonds is 4. The summed E-state index contributed by atoms with van der Waals surface area (Å²) in [6.07, 6.45) is 0.839. The number of carbonyl (C=O) groups excluding carboxylic acids is 1. The van der Waals surface area contributed by atoms with Crippen LogP contribution >= 0.6 is 9.24 Å². The second kappa shape index (κ2) is 8.29. The summed E-state index contributed by atoms with van der Waals surface area (Å²) in [4.78, 5) is 21.7.